The van der Waals surface area contributed by atoms with Crippen LogP contribution in [0.3, 0.4) is 0 Å². The van der Waals surface area contributed by atoms with E-state index in [1.807, 2.05) is 0 Å². The van der Waals surface area contributed by atoms with E-state index in [-0.39, 0.29) is 6.61 Å². The number of carboxylic acids is 2. The first-order chi connectivity index (χ1) is 6.70. The molecule has 0 rings (SSSR count). The Morgan fingerprint density at radius 2 is 1.07 bits per heavy atom. The molecule has 0 aliphatic carbocycles. The van der Waals surface area contributed by atoms with Crippen molar-refractivity contribution in [2.45, 2.75) is 19.8 Å². The zero-order chi connectivity index (χ0) is 13.0. The van der Waals surface area contributed by atoms with Gasteiger partial charge in [-0.2, -0.15) is 17.6 Å². The van der Waals surface area contributed by atoms with Crippen molar-refractivity contribution in [3.05, 3.63) is 0 Å². The van der Waals surface area contributed by atoms with Gasteiger partial charge in [-0.25, -0.2) is 9.59 Å². The molecular formula is C6H10F4O5. The highest BCUT2D eigenvalue weighted by molar-refractivity contribution is 5.70. The van der Waals surface area contributed by atoms with Crippen LogP contribution in [0.4, 0.5) is 17.6 Å². The molecule has 0 spiro atoms. The van der Waals surface area contributed by atoms with E-state index in [1.54, 1.807) is 6.92 Å². The van der Waals surface area contributed by atoms with Gasteiger partial charge in [-0.15, -0.1) is 0 Å². The molecule has 0 fully saturated rings. The molecule has 0 aliphatic heterocycles. The monoisotopic (exact) mass is 238 g/mol. The third-order valence-electron chi connectivity index (χ3n) is 0.373. The van der Waals surface area contributed by atoms with Crippen LogP contribution in [0.2, 0.25) is 0 Å². The van der Waals surface area contributed by atoms with E-state index < -0.39 is 24.8 Å². The molecule has 9 heteroatoms. The highest BCUT2D eigenvalue weighted by Crippen LogP contribution is 1.88. The minimum absolute atomic E-state index is 0.250. The van der Waals surface area contributed by atoms with E-state index in [1.165, 1.54) is 0 Å². The van der Waals surface area contributed by atoms with Crippen molar-refractivity contribution in [3.8, 4) is 0 Å². The Labute approximate surface area is 81.9 Å². The molecule has 0 saturated carbocycles. The Kier molecular flexibility index (Phi) is 16.2. The van der Waals surface area contributed by atoms with E-state index in [0.717, 1.165) is 0 Å². The van der Waals surface area contributed by atoms with Gasteiger partial charge in [-0.1, -0.05) is 0 Å². The van der Waals surface area contributed by atoms with Crippen LogP contribution >= 0.6 is 0 Å². The number of carboxylic acid groups (broad SMARTS) is 2. The van der Waals surface area contributed by atoms with Crippen molar-refractivity contribution in [2.75, 3.05) is 6.61 Å². The number of aliphatic hydroxyl groups is 1. The topological polar surface area (TPSA) is 94.8 Å². The highest BCUT2D eigenvalue weighted by Gasteiger charge is 2.10. The standard InChI is InChI=1S/2C2H2F2O2.C2H6O/c2*3-1(4)2(5)6;1-2-3/h2*1H,(H,5,6);3H,2H2,1H3. The summed E-state index contributed by atoms with van der Waals surface area (Å²) in [6.07, 6.45) is -6.46. The molecule has 0 aromatic carbocycles. The van der Waals surface area contributed by atoms with Crippen molar-refractivity contribution in [1.29, 1.82) is 0 Å². The van der Waals surface area contributed by atoms with E-state index in [9.17, 15) is 17.6 Å². The first-order valence-corrected chi connectivity index (χ1v) is 3.33. The average Bonchev–Trinajstić information content (AvgIpc) is 2.06. The van der Waals surface area contributed by atoms with E-state index in [0.29, 0.717) is 0 Å². The molecule has 92 valence electrons. The van der Waals surface area contributed by atoms with Crippen molar-refractivity contribution in [2.24, 2.45) is 0 Å². The van der Waals surface area contributed by atoms with Gasteiger partial charge in [0, 0.05) is 6.61 Å². The first-order valence-electron chi connectivity index (χ1n) is 3.33. The fourth-order valence-corrected chi connectivity index (χ4v) is 0. The van der Waals surface area contributed by atoms with Crippen LogP contribution in [0.5, 0.6) is 0 Å². The second-order valence-corrected chi connectivity index (χ2v) is 1.59. The normalized spacial score (nSPS) is 8.53. The molecule has 0 saturated heterocycles. The first kappa shape index (κ1) is 19.2. The molecule has 0 radical (unpaired) electrons. The summed E-state index contributed by atoms with van der Waals surface area (Å²) in [5.74, 6) is -4.15. The molecule has 0 amide bonds. The lowest BCUT2D eigenvalue weighted by Gasteiger charge is -1.81. The summed E-state index contributed by atoms with van der Waals surface area (Å²) < 4.78 is 42.2. The van der Waals surface area contributed by atoms with Gasteiger partial charge in [0.15, 0.2) is 0 Å². The lowest BCUT2D eigenvalue weighted by Crippen LogP contribution is -2.06. The summed E-state index contributed by atoms with van der Waals surface area (Å²) in [5, 5.41) is 22.1. The Hall–Kier alpha value is -1.38. The number of hydrogen-bond donors (Lipinski definition) is 3. The van der Waals surface area contributed by atoms with Gasteiger partial charge in [-0.05, 0) is 6.92 Å². The van der Waals surface area contributed by atoms with Gasteiger partial charge in [0.1, 0.15) is 0 Å². The SMILES string of the molecule is CCO.O=C(O)C(F)F.O=C(O)C(F)F. The van der Waals surface area contributed by atoms with Crippen LogP contribution in [0.15, 0.2) is 0 Å². The second kappa shape index (κ2) is 12.6. The maximum Gasteiger partial charge on any atom is 0.371 e. The van der Waals surface area contributed by atoms with E-state index >= 15 is 0 Å². The van der Waals surface area contributed by atoms with Gasteiger partial charge < -0.3 is 15.3 Å². The summed E-state index contributed by atoms with van der Waals surface area (Å²) in [6.45, 7) is 1.93. The van der Waals surface area contributed by atoms with Gasteiger partial charge in [-0.3, -0.25) is 0 Å². The van der Waals surface area contributed by atoms with Crippen LogP contribution in [-0.4, -0.2) is 46.7 Å². The molecule has 15 heavy (non-hydrogen) atoms. The zero-order valence-electron chi connectivity index (χ0n) is 7.53. The van der Waals surface area contributed by atoms with Gasteiger partial charge in [0.05, 0.1) is 0 Å². The number of aliphatic carboxylic acids is 2. The van der Waals surface area contributed by atoms with Gasteiger partial charge in [0.25, 0.3) is 0 Å². The largest absolute Gasteiger partial charge is 0.477 e. The minimum Gasteiger partial charge on any atom is -0.477 e. The molecule has 0 heterocycles. The van der Waals surface area contributed by atoms with Crippen molar-refractivity contribution >= 4 is 11.9 Å². The van der Waals surface area contributed by atoms with E-state index in [2.05, 4.69) is 0 Å². The van der Waals surface area contributed by atoms with E-state index in [4.69, 9.17) is 24.9 Å². The smallest absolute Gasteiger partial charge is 0.371 e. The lowest BCUT2D eigenvalue weighted by molar-refractivity contribution is -0.150. The number of halogens is 4. The fourth-order valence-electron chi connectivity index (χ4n) is 0. The molecule has 0 aromatic rings. The number of carbonyl (C=O) groups is 2. The summed E-state index contributed by atoms with van der Waals surface area (Å²) in [7, 11) is 0. The summed E-state index contributed by atoms with van der Waals surface area (Å²) >= 11 is 0. The molecule has 5 nitrogen and oxygen atoms in total. The third-order valence-corrected chi connectivity index (χ3v) is 0.373. The number of alkyl halides is 4. The van der Waals surface area contributed by atoms with Crippen LogP contribution in [-0.2, 0) is 9.59 Å². The summed E-state index contributed by atoms with van der Waals surface area (Å²) in [6, 6.07) is 0. The molecule has 0 aromatic heterocycles. The summed E-state index contributed by atoms with van der Waals surface area (Å²) in [5.41, 5.74) is 0. The van der Waals surface area contributed by atoms with Crippen molar-refractivity contribution in [1.82, 2.24) is 0 Å². The number of hydrogen-bond acceptors (Lipinski definition) is 3. The maximum absolute atomic E-state index is 10.6. The molecule has 0 aliphatic rings. The Balaban J connectivity index is -0.000000153. The fraction of sp³-hybridized carbons (Fsp3) is 0.667. The van der Waals surface area contributed by atoms with Gasteiger partial charge >= 0.3 is 24.8 Å². The van der Waals surface area contributed by atoms with Crippen molar-refractivity contribution < 1.29 is 42.5 Å². The number of rotatable bonds is 2. The van der Waals surface area contributed by atoms with Crippen molar-refractivity contribution in [3.63, 3.8) is 0 Å². The molecule has 3 N–H and O–H groups in total. The summed E-state index contributed by atoms with van der Waals surface area (Å²) in [4.78, 5) is 17.9. The molecular weight excluding hydrogens is 228 g/mol. The molecule has 0 atom stereocenters. The second-order valence-electron chi connectivity index (χ2n) is 1.59. The molecule has 0 unspecified atom stereocenters. The Morgan fingerprint density at radius 1 is 1.00 bits per heavy atom. The highest BCUT2D eigenvalue weighted by atomic mass is 19.3. The molecule has 0 bridgehead atoms. The van der Waals surface area contributed by atoms with Crippen LogP contribution in [0, 0.1) is 0 Å². The lowest BCUT2D eigenvalue weighted by atomic mass is 10.7. The maximum atomic E-state index is 10.6. The predicted octanol–water partition coefficient (Wildman–Crippen LogP) is 0.671. The van der Waals surface area contributed by atoms with Gasteiger partial charge in [0.2, 0.25) is 0 Å². The number of aliphatic hydroxyl groups excluding tert-OH is 1. The predicted molar refractivity (Wildman–Crippen MR) is 40.0 cm³/mol. The third kappa shape index (κ3) is 32.5. The minimum atomic E-state index is -3.23. The van der Waals surface area contributed by atoms with Crippen LogP contribution in [0.25, 0.3) is 0 Å². The quantitative estimate of drug-likeness (QED) is 0.614. The van der Waals surface area contributed by atoms with Crippen LogP contribution < -0.4 is 0 Å². The van der Waals surface area contributed by atoms with Crippen LogP contribution in [0.1, 0.15) is 6.92 Å². The Bertz CT molecular complexity index is 155. The zero-order valence-corrected chi connectivity index (χ0v) is 7.53. The Morgan fingerprint density at radius 3 is 1.07 bits per heavy atom. The average molecular weight is 238 g/mol.